The van der Waals surface area contributed by atoms with Crippen molar-refractivity contribution < 1.29 is 10.2 Å². The molecule has 0 atom stereocenters. The number of H-pyrrole nitrogens is 2. The standard InChI is InChI=1S/2C4H4N2O2S.2C2H5.Sn/c2*7-2-1-3(8)6-4(9)5-2;2*1-2;/h2*1H,(H3,5,6,7,8,9);2*1H2,2H3;/q;;;;+2/p-2. The summed E-state index contributed by atoms with van der Waals surface area (Å²) in [6.45, 7) is 4.09. The Morgan fingerprint density at radius 3 is 1.65 bits per heavy atom. The van der Waals surface area contributed by atoms with E-state index in [1.807, 2.05) is 13.8 Å². The van der Waals surface area contributed by atoms with E-state index in [1.165, 1.54) is 17.9 Å². The van der Waals surface area contributed by atoms with E-state index >= 15 is 0 Å². The summed E-state index contributed by atoms with van der Waals surface area (Å²) in [6.07, 6.45) is 0. The van der Waals surface area contributed by atoms with Crippen LogP contribution in [0.25, 0.3) is 0 Å². The van der Waals surface area contributed by atoms with E-state index in [0.717, 1.165) is 21.0 Å². The third-order valence-electron chi connectivity index (χ3n) is 3.06. The first-order chi connectivity index (χ1) is 10.9. The monoisotopic (exact) mass is 464 g/mol. The Kier molecular flexibility index (Phi) is 6.03. The Morgan fingerprint density at radius 1 is 0.957 bits per heavy atom. The van der Waals surface area contributed by atoms with Gasteiger partial charge in [-0.15, -0.1) is 0 Å². The zero-order valence-electron chi connectivity index (χ0n) is 12.5. The van der Waals surface area contributed by atoms with Crippen molar-refractivity contribution in [3.05, 3.63) is 32.8 Å². The molecule has 0 aliphatic carbocycles. The van der Waals surface area contributed by atoms with Gasteiger partial charge < -0.3 is 0 Å². The molecule has 0 saturated heterocycles. The van der Waals surface area contributed by atoms with Crippen LogP contribution in [0.5, 0.6) is 11.8 Å². The number of aromatic hydroxyl groups is 2. The van der Waals surface area contributed by atoms with Crippen molar-refractivity contribution in [3.63, 3.8) is 0 Å². The second kappa shape index (κ2) is 7.62. The van der Waals surface area contributed by atoms with Crippen molar-refractivity contribution in [2.75, 3.05) is 0 Å². The van der Waals surface area contributed by atoms with Crippen LogP contribution in [0.1, 0.15) is 13.8 Å². The zero-order chi connectivity index (χ0) is 17.0. The van der Waals surface area contributed by atoms with Gasteiger partial charge in [-0.2, -0.15) is 0 Å². The molecule has 0 aliphatic rings. The Bertz CT molecular complexity index is 743. The van der Waals surface area contributed by atoms with Crippen LogP contribution in [0.3, 0.4) is 0 Å². The van der Waals surface area contributed by atoms with Gasteiger partial charge in [0, 0.05) is 0 Å². The van der Waals surface area contributed by atoms with Crippen LogP contribution < -0.4 is 11.1 Å². The van der Waals surface area contributed by atoms with E-state index in [0.29, 0.717) is 10.3 Å². The predicted octanol–water partition coefficient (Wildman–Crippen LogP) is 1.63. The zero-order valence-corrected chi connectivity index (χ0v) is 17.0. The third kappa shape index (κ3) is 4.91. The first-order valence-corrected chi connectivity index (χ1v) is 19.5. The van der Waals surface area contributed by atoms with Crippen molar-refractivity contribution in [1.82, 2.24) is 19.9 Å². The molecule has 0 aliphatic heterocycles. The van der Waals surface area contributed by atoms with Gasteiger partial charge in [0.25, 0.3) is 0 Å². The van der Waals surface area contributed by atoms with Crippen molar-refractivity contribution in [3.8, 4) is 11.8 Å². The number of nitrogens with zero attached hydrogens (tertiary/aromatic N) is 2. The van der Waals surface area contributed by atoms with Gasteiger partial charge in [0.1, 0.15) is 0 Å². The van der Waals surface area contributed by atoms with Crippen molar-refractivity contribution in [2.45, 2.75) is 33.0 Å². The van der Waals surface area contributed by atoms with E-state index in [4.69, 9.17) is 0 Å². The minimum absolute atomic E-state index is 0.322. The Hall–Kier alpha value is -1.14. The molecule has 2 aromatic heterocycles. The molecule has 8 nitrogen and oxygen atoms in total. The van der Waals surface area contributed by atoms with Crippen LogP contribution in [0.15, 0.2) is 32.0 Å². The summed E-state index contributed by atoms with van der Waals surface area (Å²) < 4.78 is 1.75. The van der Waals surface area contributed by atoms with Gasteiger partial charge in [0.15, 0.2) is 0 Å². The van der Waals surface area contributed by atoms with Gasteiger partial charge in [-0.1, -0.05) is 0 Å². The molecule has 0 spiro atoms. The van der Waals surface area contributed by atoms with Crippen LogP contribution in [0, 0.1) is 0 Å². The van der Waals surface area contributed by atoms with Gasteiger partial charge in [0.05, 0.1) is 0 Å². The molecule has 0 amide bonds. The van der Waals surface area contributed by atoms with Gasteiger partial charge >= 0.3 is 141 Å². The van der Waals surface area contributed by atoms with Gasteiger partial charge in [0.2, 0.25) is 0 Å². The van der Waals surface area contributed by atoms with E-state index in [-0.39, 0.29) is 11.8 Å². The quantitative estimate of drug-likeness (QED) is 0.376. The molecule has 0 aromatic carbocycles. The van der Waals surface area contributed by atoms with Crippen molar-refractivity contribution in [2.24, 2.45) is 0 Å². The van der Waals surface area contributed by atoms with Gasteiger partial charge in [-0.25, -0.2) is 0 Å². The summed E-state index contributed by atoms with van der Waals surface area (Å²) in [6, 6.07) is 2.03. The minimum atomic E-state index is -3.03. The number of rotatable bonds is 6. The SMILES string of the molecule is C[CH2][Sn]([CH2]C)([S]c1nc(O)cc(=O)[nH]1)[S]c1nc(O)cc(=O)[nH]1. The molecule has 4 N–H and O–H groups in total. The normalized spacial score (nSPS) is 11.6. The number of nitrogens with one attached hydrogen (secondary N) is 2. The van der Waals surface area contributed by atoms with Crippen LogP contribution in [0.2, 0.25) is 8.87 Å². The average molecular weight is 463 g/mol. The summed E-state index contributed by atoms with van der Waals surface area (Å²) >= 11 is -3.03. The molecule has 11 heteroatoms. The molecule has 0 radical (unpaired) electrons. The Labute approximate surface area is 141 Å². The fraction of sp³-hybridized carbons (Fsp3) is 0.333. The molecule has 0 saturated carbocycles. The summed E-state index contributed by atoms with van der Waals surface area (Å²) in [5.74, 6) is -0.643. The van der Waals surface area contributed by atoms with E-state index in [9.17, 15) is 19.8 Å². The van der Waals surface area contributed by atoms with E-state index in [2.05, 4.69) is 19.9 Å². The predicted molar refractivity (Wildman–Crippen MR) is 91.5 cm³/mol. The first-order valence-electron chi connectivity index (χ1n) is 6.84. The fourth-order valence-electron chi connectivity index (χ4n) is 1.85. The molecule has 0 fully saturated rings. The molecule has 0 unspecified atom stereocenters. The van der Waals surface area contributed by atoms with Gasteiger partial charge in [-0.05, 0) is 0 Å². The Morgan fingerprint density at radius 2 is 1.35 bits per heavy atom. The number of hydrogen-bond donors (Lipinski definition) is 4. The molecule has 124 valence electrons. The fourth-order valence-corrected chi connectivity index (χ4v) is 22.2. The number of hydrogen-bond acceptors (Lipinski definition) is 8. The maximum atomic E-state index is 11.5. The summed E-state index contributed by atoms with van der Waals surface area (Å²) in [7, 11) is 2.95. The molecule has 2 aromatic rings. The van der Waals surface area contributed by atoms with E-state index in [1.54, 1.807) is 0 Å². The third-order valence-corrected chi connectivity index (χ3v) is 31.5. The summed E-state index contributed by atoms with van der Waals surface area (Å²) in [5.41, 5.74) is -0.831. The van der Waals surface area contributed by atoms with Crippen molar-refractivity contribution in [1.29, 1.82) is 0 Å². The second-order valence-corrected chi connectivity index (χ2v) is 30.8. The van der Waals surface area contributed by atoms with Gasteiger partial charge in [-0.3, -0.25) is 0 Å². The molecule has 2 rings (SSSR count). The molecule has 0 bridgehead atoms. The number of aromatic nitrogens is 4. The second-order valence-electron chi connectivity index (χ2n) is 4.64. The molecule has 2 heterocycles. The first kappa shape index (κ1) is 18.2. The molecular weight excluding hydrogens is 447 g/mol. The Balaban J connectivity index is 2.34. The van der Waals surface area contributed by atoms with E-state index < -0.39 is 26.7 Å². The molecule has 23 heavy (non-hydrogen) atoms. The maximum absolute atomic E-state index is 11.5. The van der Waals surface area contributed by atoms with Crippen LogP contribution in [-0.2, 0) is 0 Å². The number of aromatic amines is 2. The van der Waals surface area contributed by atoms with Crippen LogP contribution >= 0.6 is 17.9 Å². The van der Waals surface area contributed by atoms with Crippen LogP contribution in [0.4, 0.5) is 0 Å². The molecular formula is C12H16N4O4S2Sn. The van der Waals surface area contributed by atoms with Crippen molar-refractivity contribution >= 4 is 33.5 Å². The average Bonchev–Trinajstić information content (AvgIpc) is 2.44. The summed E-state index contributed by atoms with van der Waals surface area (Å²) in [4.78, 5) is 36.1. The topological polar surface area (TPSA) is 132 Å². The van der Waals surface area contributed by atoms with Crippen LogP contribution in [-0.4, -0.2) is 45.8 Å². The summed E-state index contributed by atoms with van der Waals surface area (Å²) in [5, 5.41) is 19.7.